The van der Waals surface area contributed by atoms with Crippen LogP contribution in [0.2, 0.25) is 5.02 Å². The molecule has 7 heteroatoms. The number of nitrogens with zero attached hydrogens (tertiary/aromatic N) is 1. The Balaban J connectivity index is 1.42. The quantitative estimate of drug-likeness (QED) is 0.448. The fraction of sp³-hybridized carbons (Fsp3) is 0.552. The number of amides is 2. The number of rotatable bonds is 8. The van der Waals surface area contributed by atoms with Crippen molar-refractivity contribution in [1.82, 2.24) is 10.3 Å². The molecule has 0 radical (unpaired) electrons. The van der Waals surface area contributed by atoms with Gasteiger partial charge in [-0.05, 0) is 91.7 Å². The van der Waals surface area contributed by atoms with Crippen LogP contribution in [0.5, 0.6) is 0 Å². The maximum atomic E-state index is 13.4. The number of hydrogen-bond acceptors (Lipinski definition) is 4. The second kappa shape index (κ2) is 11.3. The molecule has 0 aliphatic heterocycles. The van der Waals surface area contributed by atoms with Gasteiger partial charge in [-0.3, -0.25) is 14.6 Å². The van der Waals surface area contributed by atoms with Crippen molar-refractivity contribution in [2.24, 2.45) is 28.9 Å². The Morgan fingerprint density at radius 3 is 2.67 bits per heavy atom. The normalized spacial score (nSPS) is 26.3. The van der Waals surface area contributed by atoms with Crippen LogP contribution in [0.3, 0.4) is 0 Å². The molecule has 2 aliphatic carbocycles. The number of carbonyl (C=O) groups is 2. The number of halogens is 1. The number of carbonyl (C=O) groups excluding carboxylic acids is 2. The Hall–Kier alpha value is -2.44. The van der Waals surface area contributed by atoms with E-state index in [1.807, 2.05) is 19.1 Å². The van der Waals surface area contributed by atoms with Gasteiger partial charge < -0.3 is 16.4 Å². The number of benzene rings is 1. The number of pyridine rings is 1. The van der Waals surface area contributed by atoms with Crippen LogP contribution in [0, 0.1) is 23.2 Å². The molecule has 0 saturated heterocycles. The third-order valence-corrected chi connectivity index (χ3v) is 8.25. The average Bonchev–Trinajstić information content (AvgIpc) is 3.23. The van der Waals surface area contributed by atoms with Gasteiger partial charge in [-0.1, -0.05) is 38.4 Å². The van der Waals surface area contributed by atoms with Gasteiger partial charge >= 0.3 is 0 Å². The Morgan fingerprint density at radius 2 is 1.94 bits per heavy atom. The monoisotopic (exact) mass is 510 g/mol. The SMILES string of the molecule is CC(C)CC1CC(C(N)C(=O)NCC2CCc3cc(Cl)ccc32)CC(C)(C(=O)Nc2ccncc2)C1. The van der Waals surface area contributed by atoms with Gasteiger partial charge in [0.25, 0.3) is 0 Å². The van der Waals surface area contributed by atoms with E-state index in [1.54, 1.807) is 24.5 Å². The van der Waals surface area contributed by atoms with E-state index in [0.29, 0.717) is 24.8 Å². The van der Waals surface area contributed by atoms with Crippen molar-refractivity contribution in [3.63, 3.8) is 0 Å². The minimum Gasteiger partial charge on any atom is -0.354 e. The number of hydrogen-bond donors (Lipinski definition) is 3. The molecular formula is C29H39ClN4O2. The van der Waals surface area contributed by atoms with E-state index in [4.69, 9.17) is 17.3 Å². The highest BCUT2D eigenvalue weighted by Gasteiger charge is 2.45. The molecule has 4 N–H and O–H groups in total. The van der Waals surface area contributed by atoms with E-state index in [1.165, 1.54) is 11.1 Å². The van der Waals surface area contributed by atoms with Crippen molar-refractivity contribution in [1.29, 1.82) is 0 Å². The second-order valence-electron chi connectivity index (χ2n) is 11.5. The summed E-state index contributed by atoms with van der Waals surface area (Å²) in [7, 11) is 0. The smallest absolute Gasteiger partial charge is 0.237 e. The van der Waals surface area contributed by atoms with E-state index >= 15 is 0 Å². The molecule has 1 heterocycles. The summed E-state index contributed by atoms with van der Waals surface area (Å²) in [4.78, 5) is 30.6. The lowest BCUT2D eigenvalue weighted by molar-refractivity contribution is -0.131. The van der Waals surface area contributed by atoms with E-state index in [2.05, 4.69) is 35.5 Å². The third-order valence-electron chi connectivity index (χ3n) is 8.02. The molecule has 0 spiro atoms. The summed E-state index contributed by atoms with van der Waals surface area (Å²) in [5, 5.41) is 6.94. The van der Waals surface area contributed by atoms with Crippen molar-refractivity contribution in [3.8, 4) is 0 Å². The van der Waals surface area contributed by atoms with Crippen molar-refractivity contribution >= 4 is 29.1 Å². The first-order valence-electron chi connectivity index (χ1n) is 13.2. The summed E-state index contributed by atoms with van der Waals surface area (Å²) in [6, 6.07) is 8.97. The third kappa shape index (κ3) is 6.27. The molecular weight excluding hydrogens is 472 g/mol. The Labute approximate surface area is 219 Å². The van der Waals surface area contributed by atoms with Gasteiger partial charge in [0.05, 0.1) is 6.04 Å². The van der Waals surface area contributed by atoms with Gasteiger partial charge in [0, 0.05) is 41.0 Å². The van der Waals surface area contributed by atoms with E-state index in [9.17, 15) is 9.59 Å². The van der Waals surface area contributed by atoms with Crippen LogP contribution in [-0.2, 0) is 16.0 Å². The zero-order valence-corrected chi connectivity index (χ0v) is 22.4. The topological polar surface area (TPSA) is 97.1 Å². The standard InChI is InChI=1S/C29H39ClN4O2/c1-18(2)12-19-13-22(16-29(3,15-19)28(36)34-24-8-10-32-11-9-24)26(31)27(35)33-17-21-5-4-20-14-23(30)6-7-25(20)21/h6-11,14,18-19,21-22,26H,4-5,12-13,15-17,31H2,1-3H3,(H,33,35)(H,32,34,36). The number of fused-ring (bicyclic) bond motifs is 1. The fourth-order valence-corrected chi connectivity index (χ4v) is 6.55. The molecule has 4 rings (SSSR count). The zero-order valence-electron chi connectivity index (χ0n) is 21.6. The molecule has 5 atom stereocenters. The minimum atomic E-state index is -0.640. The van der Waals surface area contributed by atoms with Crippen LogP contribution >= 0.6 is 11.6 Å². The average molecular weight is 511 g/mol. The highest BCUT2D eigenvalue weighted by Crippen LogP contribution is 2.46. The Morgan fingerprint density at radius 1 is 1.19 bits per heavy atom. The lowest BCUT2D eigenvalue weighted by atomic mass is 9.62. The van der Waals surface area contributed by atoms with Crippen LogP contribution in [0.4, 0.5) is 5.69 Å². The van der Waals surface area contributed by atoms with Crippen LogP contribution in [0.15, 0.2) is 42.7 Å². The van der Waals surface area contributed by atoms with Crippen LogP contribution in [-0.4, -0.2) is 29.4 Å². The molecule has 2 aliphatic rings. The summed E-state index contributed by atoms with van der Waals surface area (Å²) in [5.74, 6) is 0.963. The van der Waals surface area contributed by atoms with Crippen molar-refractivity contribution in [2.45, 2.75) is 71.3 Å². The maximum absolute atomic E-state index is 13.4. The van der Waals surface area contributed by atoms with Crippen LogP contribution in [0.25, 0.3) is 0 Å². The second-order valence-corrected chi connectivity index (χ2v) is 11.9. The molecule has 1 aromatic carbocycles. The fourth-order valence-electron chi connectivity index (χ4n) is 6.36. The molecule has 2 aromatic rings. The molecule has 2 amide bonds. The lowest BCUT2D eigenvalue weighted by Gasteiger charge is -2.43. The molecule has 0 bridgehead atoms. The van der Waals surface area contributed by atoms with E-state index < -0.39 is 11.5 Å². The van der Waals surface area contributed by atoms with Gasteiger partial charge in [-0.25, -0.2) is 0 Å². The van der Waals surface area contributed by atoms with E-state index in [0.717, 1.165) is 42.8 Å². The summed E-state index contributed by atoms with van der Waals surface area (Å²) in [6.45, 7) is 7.01. The predicted molar refractivity (Wildman–Crippen MR) is 145 cm³/mol. The van der Waals surface area contributed by atoms with Gasteiger partial charge in [-0.15, -0.1) is 0 Å². The number of nitrogens with two attached hydrogens (primary N) is 1. The van der Waals surface area contributed by atoms with Gasteiger partial charge in [-0.2, -0.15) is 0 Å². The summed E-state index contributed by atoms with van der Waals surface area (Å²) in [5.41, 5.74) is 9.27. The molecule has 1 fully saturated rings. The first-order valence-corrected chi connectivity index (χ1v) is 13.6. The van der Waals surface area contributed by atoms with Crippen molar-refractivity contribution < 1.29 is 9.59 Å². The molecule has 1 saturated carbocycles. The number of aryl methyl sites for hydroxylation is 1. The predicted octanol–water partition coefficient (Wildman–Crippen LogP) is 5.32. The molecule has 36 heavy (non-hydrogen) atoms. The number of nitrogens with one attached hydrogen (secondary N) is 2. The molecule has 1 aromatic heterocycles. The number of anilines is 1. The van der Waals surface area contributed by atoms with Gasteiger partial charge in [0.1, 0.15) is 0 Å². The van der Waals surface area contributed by atoms with E-state index in [-0.39, 0.29) is 23.7 Å². The van der Waals surface area contributed by atoms with Crippen LogP contribution in [0.1, 0.15) is 69.9 Å². The first-order chi connectivity index (χ1) is 17.1. The lowest BCUT2D eigenvalue weighted by Crippen LogP contribution is -2.51. The molecule has 5 unspecified atom stereocenters. The highest BCUT2D eigenvalue weighted by molar-refractivity contribution is 6.30. The summed E-state index contributed by atoms with van der Waals surface area (Å²) < 4.78 is 0. The van der Waals surface area contributed by atoms with Crippen LogP contribution < -0.4 is 16.4 Å². The Bertz CT molecular complexity index is 1080. The van der Waals surface area contributed by atoms with Crippen molar-refractivity contribution in [3.05, 3.63) is 58.9 Å². The molecule has 6 nitrogen and oxygen atoms in total. The van der Waals surface area contributed by atoms with Gasteiger partial charge in [0.15, 0.2) is 0 Å². The van der Waals surface area contributed by atoms with Gasteiger partial charge in [0.2, 0.25) is 11.8 Å². The maximum Gasteiger partial charge on any atom is 0.237 e. The highest BCUT2D eigenvalue weighted by atomic mass is 35.5. The largest absolute Gasteiger partial charge is 0.354 e. The minimum absolute atomic E-state index is 0.0130. The summed E-state index contributed by atoms with van der Waals surface area (Å²) in [6.07, 6.45) is 8.60. The first kappa shape index (κ1) is 26.6. The van der Waals surface area contributed by atoms with Crippen molar-refractivity contribution in [2.75, 3.05) is 11.9 Å². The summed E-state index contributed by atoms with van der Waals surface area (Å²) >= 11 is 6.14. The molecule has 194 valence electrons. The number of aromatic nitrogens is 1. The Kier molecular flexibility index (Phi) is 8.36. The zero-order chi connectivity index (χ0) is 25.9.